The predicted molar refractivity (Wildman–Crippen MR) is 221 cm³/mol. The Balaban J connectivity index is 0.00000661. The standard InChI is InChI=1S/C36H33N13O7S2.Na/c1-17-11-28(26(39)15-24(17)37)46-42-20-3-7-22(8-4-20)44-48-34-30(57(51,52)53)13-19-14-31(58(54,55)56)35(36(50)32(19)33(34)41)49-45-23-9-5-21(6-10-23)43-47-29-12-18(2)25(38)16-27(29)40;/h3-16,45H,37-41H2,1-2H3,(H,51,52,53)(H,54,55,56);/q;+1. The van der Waals surface area contributed by atoms with E-state index in [0.717, 1.165) is 23.3 Å². The van der Waals surface area contributed by atoms with Gasteiger partial charge in [0.2, 0.25) is 5.78 Å². The molecular formula is C36H33N13NaO7S2+. The Bertz CT molecular complexity index is 2900. The molecule has 5 aromatic rings. The molecule has 59 heavy (non-hydrogen) atoms. The molecule has 23 heteroatoms. The second-order valence-electron chi connectivity index (χ2n) is 12.7. The summed E-state index contributed by atoms with van der Waals surface area (Å²) in [5, 5.41) is 28.5. The first kappa shape index (κ1) is 43.7. The Hall–Kier alpha value is -6.40. The van der Waals surface area contributed by atoms with E-state index < -0.39 is 58.5 Å². The molecule has 1 aliphatic carbocycles. The van der Waals surface area contributed by atoms with E-state index in [9.17, 15) is 30.7 Å². The van der Waals surface area contributed by atoms with E-state index in [1.165, 1.54) is 48.5 Å². The molecule has 0 aliphatic heterocycles. The summed E-state index contributed by atoms with van der Waals surface area (Å²) in [6.07, 6.45) is 0.777. The van der Waals surface area contributed by atoms with Gasteiger partial charge in [-0.1, -0.05) is 0 Å². The molecule has 0 radical (unpaired) electrons. The number of nitrogen functional groups attached to an aromatic ring is 5. The van der Waals surface area contributed by atoms with Gasteiger partial charge in [0.25, 0.3) is 20.2 Å². The van der Waals surface area contributed by atoms with Crippen LogP contribution in [0.1, 0.15) is 27.0 Å². The fraction of sp³-hybridized carbons (Fsp3) is 0.0556. The fourth-order valence-corrected chi connectivity index (χ4v) is 6.69. The first-order valence-corrected chi connectivity index (χ1v) is 19.5. The number of nitrogens with one attached hydrogen (secondary N) is 1. The van der Waals surface area contributed by atoms with Crippen molar-refractivity contribution < 1.29 is 60.3 Å². The van der Waals surface area contributed by atoms with Gasteiger partial charge < -0.3 is 28.7 Å². The summed E-state index contributed by atoms with van der Waals surface area (Å²) >= 11 is 0. The number of Topliss-reactive ketones (excluding diaryl/α,β-unsaturated/α-hetero) is 1. The number of anilines is 6. The molecule has 0 atom stereocenters. The molecule has 1 aliphatic rings. The molecule has 0 amide bonds. The number of hydrogen-bond donors (Lipinski definition) is 8. The summed E-state index contributed by atoms with van der Waals surface area (Å²) in [5.74, 6) is -1.14. The number of nitrogens with two attached hydrogens (primary N) is 5. The molecular weight excluding hydrogens is 814 g/mol. The number of fused-ring (bicyclic) bond motifs is 1. The summed E-state index contributed by atoms with van der Waals surface area (Å²) in [7, 11) is -10.3. The summed E-state index contributed by atoms with van der Waals surface area (Å²) in [5.41, 5.74) is 34.9. The van der Waals surface area contributed by atoms with Gasteiger partial charge in [-0.25, -0.2) is 0 Å². The van der Waals surface area contributed by atoms with Crippen LogP contribution in [0.3, 0.4) is 0 Å². The van der Waals surface area contributed by atoms with Gasteiger partial charge in [-0.3, -0.25) is 19.3 Å². The number of carbonyl (C=O) groups is 1. The summed E-state index contributed by atoms with van der Waals surface area (Å²) in [6.45, 7) is 3.59. The summed E-state index contributed by atoms with van der Waals surface area (Å²) in [4.78, 5) is 12.0. The molecule has 0 fully saturated rings. The zero-order valence-electron chi connectivity index (χ0n) is 31.4. The van der Waals surface area contributed by atoms with E-state index in [-0.39, 0.29) is 46.5 Å². The molecule has 0 aromatic heterocycles. The van der Waals surface area contributed by atoms with E-state index in [0.29, 0.717) is 45.5 Å². The van der Waals surface area contributed by atoms with Crippen molar-refractivity contribution in [1.82, 2.24) is 0 Å². The van der Waals surface area contributed by atoms with Crippen molar-refractivity contribution in [2.75, 3.05) is 34.1 Å². The zero-order chi connectivity index (χ0) is 42.1. The largest absolute Gasteiger partial charge is 1.00 e. The van der Waals surface area contributed by atoms with Crippen LogP contribution in [-0.2, 0) is 20.2 Å². The maximum atomic E-state index is 13.9. The minimum atomic E-state index is -5.15. The van der Waals surface area contributed by atoms with Crippen molar-refractivity contribution in [2.24, 2.45) is 35.8 Å². The summed E-state index contributed by atoms with van der Waals surface area (Å²) in [6, 6.07) is 19.3. The van der Waals surface area contributed by atoms with E-state index in [1.807, 2.05) is 0 Å². The van der Waals surface area contributed by atoms with E-state index in [1.54, 1.807) is 38.1 Å². The summed E-state index contributed by atoms with van der Waals surface area (Å²) < 4.78 is 70.0. The third-order valence-corrected chi connectivity index (χ3v) is 10.2. The molecule has 0 saturated carbocycles. The second-order valence-corrected chi connectivity index (χ2v) is 15.4. The Morgan fingerprint density at radius 3 is 1.51 bits per heavy atom. The average Bonchev–Trinajstić information content (AvgIpc) is 3.15. The van der Waals surface area contributed by atoms with Crippen LogP contribution < -0.4 is 63.7 Å². The average molecular weight is 847 g/mol. The van der Waals surface area contributed by atoms with E-state index >= 15 is 0 Å². The number of hydrazone groups is 1. The molecule has 296 valence electrons. The van der Waals surface area contributed by atoms with Crippen LogP contribution in [0.2, 0.25) is 0 Å². The normalized spacial score (nSPS) is 13.9. The molecule has 6 rings (SSSR count). The van der Waals surface area contributed by atoms with Gasteiger partial charge in [-0.15, -0.1) is 15.3 Å². The van der Waals surface area contributed by atoms with Gasteiger partial charge in [-0.2, -0.15) is 37.3 Å². The molecule has 0 bridgehead atoms. The number of aryl methyl sites for hydroxylation is 2. The van der Waals surface area contributed by atoms with Crippen LogP contribution in [0.15, 0.2) is 124 Å². The van der Waals surface area contributed by atoms with Crippen LogP contribution in [0.5, 0.6) is 0 Å². The Morgan fingerprint density at radius 2 is 1.05 bits per heavy atom. The number of benzene rings is 5. The maximum absolute atomic E-state index is 13.9. The van der Waals surface area contributed by atoms with Gasteiger partial charge in [-0.05, 0) is 115 Å². The van der Waals surface area contributed by atoms with Gasteiger partial charge >= 0.3 is 29.6 Å². The van der Waals surface area contributed by atoms with Crippen molar-refractivity contribution in [3.63, 3.8) is 0 Å². The van der Waals surface area contributed by atoms with Gasteiger partial charge in [0.1, 0.15) is 26.9 Å². The van der Waals surface area contributed by atoms with Crippen molar-refractivity contribution in [3.8, 4) is 0 Å². The van der Waals surface area contributed by atoms with E-state index in [2.05, 4.69) is 41.2 Å². The number of ketones is 1. The Kier molecular flexibility index (Phi) is 12.8. The van der Waals surface area contributed by atoms with Gasteiger partial charge in [0.05, 0.1) is 45.4 Å². The topological polar surface area (TPSA) is 354 Å². The van der Waals surface area contributed by atoms with Crippen LogP contribution in [0.4, 0.5) is 68.2 Å². The number of nitrogens with zero attached hydrogens (tertiary/aromatic N) is 7. The number of hydrogen-bond acceptors (Lipinski definition) is 18. The van der Waals surface area contributed by atoms with Crippen LogP contribution in [0, 0.1) is 13.8 Å². The number of allylic oxidation sites excluding steroid dienone is 1. The molecule has 0 unspecified atom stereocenters. The molecule has 5 aromatic carbocycles. The zero-order valence-corrected chi connectivity index (χ0v) is 35.0. The first-order valence-electron chi connectivity index (χ1n) is 16.6. The van der Waals surface area contributed by atoms with Crippen molar-refractivity contribution in [2.45, 2.75) is 18.7 Å². The minimum Gasteiger partial charge on any atom is -0.398 e. The van der Waals surface area contributed by atoms with Crippen LogP contribution in [-0.4, -0.2) is 37.4 Å². The number of rotatable bonds is 10. The number of azo groups is 3. The van der Waals surface area contributed by atoms with Crippen molar-refractivity contribution >= 4 is 106 Å². The van der Waals surface area contributed by atoms with Crippen molar-refractivity contribution in [1.29, 1.82) is 0 Å². The monoisotopic (exact) mass is 846 g/mol. The molecule has 20 nitrogen and oxygen atoms in total. The third-order valence-electron chi connectivity index (χ3n) is 8.51. The molecule has 0 saturated heterocycles. The predicted octanol–water partition coefficient (Wildman–Crippen LogP) is 4.60. The van der Waals surface area contributed by atoms with Gasteiger partial charge in [0, 0.05) is 11.4 Å². The quantitative estimate of drug-likeness (QED) is 0.0313. The maximum Gasteiger partial charge on any atom is 1.00 e. The van der Waals surface area contributed by atoms with Crippen LogP contribution in [0.25, 0.3) is 6.08 Å². The SMILES string of the molecule is Cc1cc(N=Nc2ccc(N=Nc3c(S(=O)(=O)O)cc4c(c3N)C(=O)C(=NNc3ccc(N=Nc5cc(C)c(N)cc5N)cc3)C(S(=O)(=O)O)=C4)cc2)c(N)cc1N.[Na+]. The first-order chi connectivity index (χ1) is 27.3. The Labute approximate surface area is 358 Å². The smallest absolute Gasteiger partial charge is 0.398 e. The molecule has 13 N–H and O–H groups in total. The van der Waals surface area contributed by atoms with E-state index in [4.69, 9.17) is 28.7 Å². The molecule has 0 heterocycles. The minimum absolute atomic E-state index is 0. The second kappa shape index (κ2) is 17.2. The van der Waals surface area contributed by atoms with Gasteiger partial charge in [0.15, 0.2) is 5.71 Å². The van der Waals surface area contributed by atoms with Crippen molar-refractivity contribution in [3.05, 3.63) is 106 Å². The third kappa shape index (κ3) is 9.84. The number of carbonyl (C=O) groups excluding carboxylic acids is 1. The fourth-order valence-electron chi connectivity index (χ4n) is 5.37. The molecule has 0 spiro atoms. The van der Waals surface area contributed by atoms with Crippen LogP contribution >= 0.6 is 0 Å². The Morgan fingerprint density at radius 1 is 0.593 bits per heavy atom.